The Hall–Kier alpha value is -1.36. The van der Waals surface area contributed by atoms with Gasteiger partial charge in [0, 0.05) is 13.0 Å². The summed E-state index contributed by atoms with van der Waals surface area (Å²) in [6, 6.07) is -0.819. The molecule has 0 bridgehead atoms. The molecule has 0 heterocycles. The third kappa shape index (κ3) is 5.50. The van der Waals surface area contributed by atoms with Crippen LogP contribution in [0.3, 0.4) is 0 Å². The fourth-order valence-corrected chi connectivity index (χ4v) is 1.43. The van der Waals surface area contributed by atoms with Crippen LogP contribution in [0, 0.1) is 5.92 Å². The van der Waals surface area contributed by atoms with E-state index in [1.54, 1.807) is 6.08 Å². The molecule has 16 heavy (non-hydrogen) atoms. The van der Waals surface area contributed by atoms with E-state index in [1.165, 1.54) is 0 Å². The quantitative estimate of drug-likeness (QED) is 0.323. The zero-order chi connectivity index (χ0) is 12.6. The van der Waals surface area contributed by atoms with Crippen molar-refractivity contribution in [2.45, 2.75) is 32.2 Å². The smallest absolute Gasteiger partial charge is 0.320 e. The van der Waals surface area contributed by atoms with Gasteiger partial charge in [0.15, 0.2) is 0 Å². The Bertz CT molecular complexity index is 264. The molecule has 0 aliphatic heterocycles. The number of carboxylic acid groups (broad SMARTS) is 1. The van der Waals surface area contributed by atoms with E-state index < -0.39 is 12.0 Å². The van der Waals surface area contributed by atoms with Crippen LogP contribution in [0.25, 0.3) is 0 Å². The molecule has 1 unspecified atom stereocenters. The zero-order valence-electron chi connectivity index (χ0n) is 9.72. The highest BCUT2D eigenvalue weighted by molar-refractivity contribution is 5.81. The number of rotatable bonds is 8. The van der Waals surface area contributed by atoms with Gasteiger partial charge in [-0.25, -0.2) is 0 Å². The van der Waals surface area contributed by atoms with E-state index in [9.17, 15) is 4.79 Å². The van der Waals surface area contributed by atoms with Crippen molar-refractivity contribution in [2.24, 2.45) is 22.4 Å². The van der Waals surface area contributed by atoms with Gasteiger partial charge in [0.05, 0.1) is 5.84 Å². The second kappa shape index (κ2) is 7.87. The van der Waals surface area contributed by atoms with Gasteiger partial charge in [0.25, 0.3) is 0 Å². The number of carbonyl (C=O) groups is 1. The molecule has 0 aromatic heterocycles. The van der Waals surface area contributed by atoms with Crippen molar-refractivity contribution in [2.75, 3.05) is 6.54 Å². The van der Waals surface area contributed by atoms with E-state index in [2.05, 4.69) is 11.6 Å². The summed E-state index contributed by atoms with van der Waals surface area (Å²) in [4.78, 5) is 14.8. The molecular weight excluding hydrogens is 206 g/mol. The maximum absolute atomic E-state index is 10.7. The minimum atomic E-state index is -0.963. The van der Waals surface area contributed by atoms with Crippen LogP contribution in [0.15, 0.2) is 17.6 Å². The summed E-state index contributed by atoms with van der Waals surface area (Å²) in [5.74, 6) is -0.499. The first-order valence-corrected chi connectivity index (χ1v) is 5.41. The average molecular weight is 227 g/mol. The summed E-state index contributed by atoms with van der Waals surface area (Å²) in [5.41, 5.74) is 11.1. The number of hydrogen-bond acceptors (Lipinski definition) is 3. The van der Waals surface area contributed by atoms with E-state index in [4.69, 9.17) is 16.6 Å². The van der Waals surface area contributed by atoms with Crippen LogP contribution in [-0.4, -0.2) is 29.5 Å². The molecule has 0 fully saturated rings. The molecular formula is C11H21N3O2. The number of aliphatic carboxylic acids is 1. The van der Waals surface area contributed by atoms with Crippen molar-refractivity contribution in [3.63, 3.8) is 0 Å². The summed E-state index contributed by atoms with van der Waals surface area (Å²) in [6.07, 6.45) is 3.60. The van der Waals surface area contributed by atoms with Gasteiger partial charge in [-0.2, -0.15) is 0 Å². The lowest BCUT2D eigenvalue weighted by Gasteiger charge is -2.17. The summed E-state index contributed by atoms with van der Waals surface area (Å²) in [5, 5.41) is 8.78. The predicted molar refractivity (Wildman–Crippen MR) is 65.3 cm³/mol. The van der Waals surface area contributed by atoms with Gasteiger partial charge in [-0.05, 0) is 12.3 Å². The van der Waals surface area contributed by atoms with Crippen LogP contribution in [0.2, 0.25) is 0 Å². The van der Waals surface area contributed by atoms with Crippen molar-refractivity contribution in [1.82, 2.24) is 0 Å². The first-order chi connectivity index (χ1) is 7.52. The molecule has 0 aliphatic carbocycles. The molecule has 0 spiro atoms. The molecule has 0 saturated heterocycles. The zero-order valence-corrected chi connectivity index (χ0v) is 9.72. The number of carboxylic acids is 1. The van der Waals surface area contributed by atoms with Gasteiger partial charge in [0.1, 0.15) is 6.04 Å². The maximum atomic E-state index is 10.7. The standard InChI is InChI=1S/C11H21N3O2/c1-3-5-9(12)14-7-6-8(4-2)10(13)11(15)16/h3,8,10H,1,4-7,13H2,2H3,(H2,12,14)(H,15,16)/t8?,10-/m0/s1. The summed E-state index contributed by atoms with van der Waals surface area (Å²) in [6.45, 7) is 5.99. The van der Waals surface area contributed by atoms with Crippen LogP contribution in [-0.2, 0) is 4.79 Å². The normalized spacial score (nSPS) is 15.5. The van der Waals surface area contributed by atoms with Crippen LogP contribution in [0.4, 0.5) is 0 Å². The van der Waals surface area contributed by atoms with Gasteiger partial charge < -0.3 is 16.6 Å². The van der Waals surface area contributed by atoms with Gasteiger partial charge in [-0.1, -0.05) is 19.4 Å². The molecule has 0 aromatic carbocycles. The minimum absolute atomic E-state index is 0.0576. The molecule has 0 rings (SSSR count). The first-order valence-electron chi connectivity index (χ1n) is 5.41. The number of amidine groups is 1. The maximum Gasteiger partial charge on any atom is 0.320 e. The lowest BCUT2D eigenvalue weighted by Crippen LogP contribution is -2.38. The molecule has 2 atom stereocenters. The second-order valence-corrected chi connectivity index (χ2v) is 3.69. The lowest BCUT2D eigenvalue weighted by molar-refractivity contribution is -0.139. The third-order valence-electron chi connectivity index (χ3n) is 2.49. The predicted octanol–water partition coefficient (Wildman–Crippen LogP) is 0.748. The molecule has 5 heteroatoms. The Morgan fingerprint density at radius 3 is 2.69 bits per heavy atom. The van der Waals surface area contributed by atoms with Gasteiger partial charge in [-0.15, -0.1) is 6.58 Å². The molecule has 0 aromatic rings. The fraction of sp³-hybridized carbons (Fsp3) is 0.636. The van der Waals surface area contributed by atoms with Crippen LogP contribution < -0.4 is 11.5 Å². The van der Waals surface area contributed by atoms with Crippen molar-refractivity contribution in [3.05, 3.63) is 12.7 Å². The van der Waals surface area contributed by atoms with E-state index in [-0.39, 0.29) is 5.92 Å². The summed E-state index contributed by atoms with van der Waals surface area (Å²) >= 11 is 0. The Balaban J connectivity index is 4.10. The van der Waals surface area contributed by atoms with Crippen LogP contribution >= 0.6 is 0 Å². The second-order valence-electron chi connectivity index (χ2n) is 3.69. The highest BCUT2D eigenvalue weighted by atomic mass is 16.4. The Kier molecular flexibility index (Phi) is 7.20. The van der Waals surface area contributed by atoms with Gasteiger partial charge in [0.2, 0.25) is 0 Å². The van der Waals surface area contributed by atoms with Crippen molar-refractivity contribution < 1.29 is 9.90 Å². The summed E-state index contributed by atoms with van der Waals surface area (Å²) in [7, 11) is 0. The van der Waals surface area contributed by atoms with E-state index in [0.29, 0.717) is 25.2 Å². The van der Waals surface area contributed by atoms with Crippen molar-refractivity contribution in [3.8, 4) is 0 Å². The lowest BCUT2D eigenvalue weighted by atomic mass is 9.94. The average Bonchev–Trinajstić information content (AvgIpc) is 2.23. The van der Waals surface area contributed by atoms with E-state index in [1.807, 2.05) is 6.92 Å². The highest BCUT2D eigenvalue weighted by Crippen LogP contribution is 2.12. The molecule has 92 valence electrons. The number of aliphatic imine (C=N–C) groups is 1. The van der Waals surface area contributed by atoms with Crippen molar-refractivity contribution >= 4 is 11.8 Å². The summed E-state index contributed by atoms with van der Waals surface area (Å²) < 4.78 is 0. The molecule has 0 saturated carbocycles. The Morgan fingerprint density at radius 1 is 1.62 bits per heavy atom. The SMILES string of the molecule is C=CCC(N)=NCCC(CC)[C@H](N)C(=O)O. The third-order valence-corrected chi connectivity index (χ3v) is 2.49. The Labute approximate surface area is 96.2 Å². The molecule has 0 radical (unpaired) electrons. The van der Waals surface area contributed by atoms with Crippen molar-refractivity contribution in [1.29, 1.82) is 0 Å². The molecule has 0 aliphatic rings. The number of hydrogen-bond donors (Lipinski definition) is 3. The van der Waals surface area contributed by atoms with Gasteiger partial charge in [-0.3, -0.25) is 9.79 Å². The fourth-order valence-electron chi connectivity index (χ4n) is 1.43. The van der Waals surface area contributed by atoms with E-state index in [0.717, 1.165) is 6.42 Å². The van der Waals surface area contributed by atoms with Gasteiger partial charge >= 0.3 is 5.97 Å². The molecule has 5 nitrogen and oxygen atoms in total. The molecule has 0 amide bonds. The first kappa shape index (κ1) is 14.6. The largest absolute Gasteiger partial charge is 0.480 e. The number of nitrogens with zero attached hydrogens (tertiary/aromatic N) is 1. The Morgan fingerprint density at radius 2 is 2.25 bits per heavy atom. The number of nitrogens with two attached hydrogens (primary N) is 2. The minimum Gasteiger partial charge on any atom is -0.480 e. The van der Waals surface area contributed by atoms with Crippen LogP contribution in [0.5, 0.6) is 0 Å². The topological polar surface area (TPSA) is 102 Å². The monoisotopic (exact) mass is 227 g/mol. The molecule has 5 N–H and O–H groups in total. The highest BCUT2D eigenvalue weighted by Gasteiger charge is 2.21. The van der Waals surface area contributed by atoms with E-state index >= 15 is 0 Å². The van der Waals surface area contributed by atoms with Crippen LogP contribution in [0.1, 0.15) is 26.2 Å².